The third-order valence-corrected chi connectivity index (χ3v) is 3.16. The second kappa shape index (κ2) is 5.67. The molecule has 1 aromatic heterocycles. The standard InChI is InChI=1S/C13H15F2NO.ClH/c1-7(8(2)16)5-10-12(15)6-11(14)9-3-4-17-13(9)10;/h3-4,6-8H,5,16H2,1-2H3;1H. The van der Waals surface area contributed by atoms with Crippen molar-refractivity contribution in [2.45, 2.75) is 26.3 Å². The summed E-state index contributed by atoms with van der Waals surface area (Å²) < 4.78 is 32.3. The van der Waals surface area contributed by atoms with Crippen molar-refractivity contribution < 1.29 is 13.2 Å². The average molecular weight is 276 g/mol. The minimum Gasteiger partial charge on any atom is -0.464 e. The van der Waals surface area contributed by atoms with Gasteiger partial charge in [-0.3, -0.25) is 0 Å². The lowest BCUT2D eigenvalue weighted by Gasteiger charge is -2.16. The highest BCUT2D eigenvalue weighted by atomic mass is 35.5. The molecular formula is C13H16ClF2NO. The Labute approximate surface area is 111 Å². The van der Waals surface area contributed by atoms with E-state index in [0.29, 0.717) is 17.4 Å². The van der Waals surface area contributed by atoms with Gasteiger partial charge in [-0.25, -0.2) is 8.78 Å². The van der Waals surface area contributed by atoms with E-state index in [-0.39, 0.29) is 29.9 Å². The van der Waals surface area contributed by atoms with Crippen molar-refractivity contribution in [3.05, 3.63) is 35.6 Å². The van der Waals surface area contributed by atoms with E-state index in [0.717, 1.165) is 6.07 Å². The fourth-order valence-corrected chi connectivity index (χ4v) is 1.81. The smallest absolute Gasteiger partial charge is 0.142 e. The molecule has 2 nitrogen and oxygen atoms in total. The molecule has 2 atom stereocenters. The molecular weight excluding hydrogens is 260 g/mol. The first-order valence-electron chi connectivity index (χ1n) is 5.60. The Morgan fingerprint density at radius 1 is 1.28 bits per heavy atom. The molecule has 0 radical (unpaired) electrons. The fourth-order valence-electron chi connectivity index (χ4n) is 1.81. The van der Waals surface area contributed by atoms with Crippen LogP contribution in [-0.2, 0) is 6.42 Å². The lowest BCUT2D eigenvalue weighted by Crippen LogP contribution is -2.26. The zero-order valence-corrected chi connectivity index (χ0v) is 11.1. The van der Waals surface area contributed by atoms with E-state index in [1.165, 1.54) is 12.3 Å². The first-order chi connectivity index (χ1) is 8.00. The molecule has 0 saturated carbocycles. The molecule has 0 aliphatic carbocycles. The summed E-state index contributed by atoms with van der Waals surface area (Å²) in [6.45, 7) is 3.80. The van der Waals surface area contributed by atoms with Gasteiger partial charge < -0.3 is 10.2 Å². The van der Waals surface area contributed by atoms with E-state index in [4.69, 9.17) is 10.2 Å². The van der Waals surface area contributed by atoms with Gasteiger partial charge in [0, 0.05) is 17.7 Å². The largest absolute Gasteiger partial charge is 0.464 e. The molecule has 0 aliphatic heterocycles. The van der Waals surface area contributed by atoms with Crippen LogP contribution in [0.1, 0.15) is 19.4 Å². The maximum Gasteiger partial charge on any atom is 0.142 e. The summed E-state index contributed by atoms with van der Waals surface area (Å²) in [5.41, 5.74) is 6.44. The predicted molar refractivity (Wildman–Crippen MR) is 69.9 cm³/mol. The minimum absolute atomic E-state index is 0. The van der Waals surface area contributed by atoms with Crippen LogP contribution in [0.25, 0.3) is 11.0 Å². The molecule has 1 aromatic carbocycles. The maximum atomic E-state index is 13.7. The first kappa shape index (κ1) is 14.9. The Kier molecular flexibility index (Phi) is 4.71. The molecule has 0 bridgehead atoms. The normalized spacial score (nSPS) is 14.3. The van der Waals surface area contributed by atoms with Crippen molar-refractivity contribution in [1.29, 1.82) is 0 Å². The van der Waals surface area contributed by atoms with Gasteiger partial charge in [-0.15, -0.1) is 12.4 Å². The molecule has 2 aromatic rings. The van der Waals surface area contributed by atoms with Crippen molar-refractivity contribution in [2.75, 3.05) is 0 Å². The zero-order valence-electron chi connectivity index (χ0n) is 10.2. The van der Waals surface area contributed by atoms with E-state index in [1.54, 1.807) is 0 Å². The summed E-state index contributed by atoms with van der Waals surface area (Å²) in [5.74, 6) is -1.07. The van der Waals surface area contributed by atoms with Crippen LogP contribution in [0.3, 0.4) is 0 Å². The molecule has 0 saturated heterocycles. The zero-order chi connectivity index (χ0) is 12.6. The summed E-state index contributed by atoms with van der Waals surface area (Å²) in [6.07, 6.45) is 1.81. The van der Waals surface area contributed by atoms with E-state index < -0.39 is 11.6 Å². The SMILES string of the molecule is CC(N)C(C)Cc1c(F)cc(F)c2ccoc12.Cl. The molecule has 100 valence electrons. The highest BCUT2D eigenvalue weighted by Gasteiger charge is 2.18. The quantitative estimate of drug-likeness (QED) is 0.928. The number of nitrogens with two attached hydrogens (primary N) is 1. The van der Waals surface area contributed by atoms with Gasteiger partial charge in [0.25, 0.3) is 0 Å². The third-order valence-electron chi connectivity index (χ3n) is 3.16. The summed E-state index contributed by atoms with van der Waals surface area (Å²) in [4.78, 5) is 0. The maximum absolute atomic E-state index is 13.7. The predicted octanol–water partition coefficient (Wildman–Crippen LogP) is 3.66. The highest BCUT2D eigenvalue weighted by molar-refractivity contribution is 5.85. The third kappa shape index (κ3) is 2.65. The number of benzene rings is 1. The van der Waals surface area contributed by atoms with Crippen LogP contribution in [0.15, 0.2) is 22.8 Å². The number of hydrogen-bond acceptors (Lipinski definition) is 2. The molecule has 0 aliphatic rings. The van der Waals surface area contributed by atoms with E-state index in [2.05, 4.69) is 0 Å². The van der Waals surface area contributed by atoms with Gasteiger partial charge in [0.05, 0.1) is 11.6 Å². The molecule has 18 heavy (non-hydrogen) atoms. The summed E-state index contributed by atoms with van der Waals surface area (Å²) in [6, 6.07) is 2.36. The van der Waals surface area contributed by atoms with Gasteiger partial charge in [-0.2, -0.15) is 0 Å². The Hall–Kier alpha value is -1.13. The van der Waals surface area contributed by atoms with Gasteiger partial charge in [0.15, 0.2) is 0 Å². The van der Waals surface area contributed by atoms with Crippen molar-refractivity contribution in [2.24, 2.45) is 11.7 Å². The minimum atomic E-state index is -0.594. The second-order valence-corrected chi connectivity index (χ2v) is 4.52. The molecule has 0 amide bonds. The first-order valence-corrected chi connectivity index (χ1v) is 5.60. The molecule has 1 heterocycles. The monoisotopic (exact) mass is 275 g/mol. The van der Waals surface area contributed by atoms with E-state index >= 15 is 0 Å². The van der Waals surface area contributed by atoms with E-state index in [9.17, 15) is 8.78 Å². The van der Waals surface area contributed by atoms with Crippen molar-refractivity contribution in [1.82, 2.24) is 0 Å². The average Bonchev–Trinajstić information content (AvgIpc) is 2.72. The lowest BCUT2D eigenvalue weighted by molar-refractivity contribution is 0.465. The summed E-state index contributed by atoms with van der Waals surface area (Å²) >= 11 is 0. The van der Waals surface area contributed by atoms with Gasteiger partial charge in [-0.1, -0.05) is 6.92 Å². The van der Waals surface area contributed by atoms with Crippen LogP contribution in [0.2, 0.25) is 0 Å². The number of hydrogen-bond donors (Lipinski definition) is 1. The van der Waals surface area contributed by atoms with Gasteiger partial charge in [-0.05, 0) is 25.3 Å². The highest BCUT2D eigenvalue weighted by Crippen LogP contribution is 2.28. The van der Waals surface area contributed by atoms with Crippen molar-refractivity contribution in [3.63, 3.8) is 0 Å². The molecule has 0 fully saturated rings. The molecule has 0 spiro atoms. The molecule has 2 unspecified atom stereocenters. The number of furan rings is 1. The lowest BCUT2D eigenvalue weighted by atomic mass is 9.94. The number of fused-ring (bicyclic) bond motifs is 1. The molecule has 2 N–H and O–H groups in total. The van der Waals surface area contributed by atoms with Gasteiger partial charge in [0.2, 0.25) is 0 Å². The Balaban J connectivity index is 0.00000162. The summed E-state index contributed by atoms with van der Waals surface area (Å²) in [7, 11) is 0. The van der Waals surface area contributed by atoms with Crippen molar-refractivity contribution >= 4 is 23.4 Å². The van der Waals surface area contributed by atoms with Crippen LogP contribution in [0, 0.1) is 17.6 Å². The van der Waals surface area contributed by atoms with Gasteiger partial charge in [0.1, 0.15) is 17.2 Å². The van der Waals surface area contributed by atoms with E-state index in [1.807, 2.05) is 13.8 Å². The fraction of sp³-hybridized carbons (Fsp3) is 0.385. The van der Waals surface area contributed by atoms with Crippen LogP contribution in [0.4, 0.5) is 8.78 Å². The van der Waals surface area contributed by atoms with Crippen LogP contribution < -0.4 is 5.73 Å². The van der Waals surface area contributed by atoms with Crippen molar-refractivity contribution in [3.8, 4) is 0 Å². The van der Waals surface area contributed by atoms with Gasteiger partial charge >= 0.3 is 0 Å². The van der Waals surface area contributed by atoms with Crippen LogP contribution >= 0.6 is 12.4 Å². The summed E-state index contributed by atoms with van der Waals surface area (Å²) in [5, 5.41) is 0.318. The van der Waals surface area contributed by atoms with Crippen LogP contribution in [0.5, 0.6) is 0 Å². The Morgan fingerprint density at radius 3 is 2.56 bits per heavy atom. The number of halogens is 3. The Morgan fingerprint density at radius 2 is 1.94 bits per heavy atom. The molecule has 2 rings (SSSR count). The second-order valence-electron chi connectivity index (χ2n) is 4.52. The molecule has 5 heteroatoms. The number of rotatable bonds is 3. The van der Waals surface area contributed by atoms with Crippen LogP contribution in [-0.4, -0.2) is 6.04 Å². The topological polar surface area (TPSA) is 39.2 Å². The Bertz CT molecular complexity index is 539.